The summed E-state index contributed by atoms with van der Waals surface area (Å²) in [6, 6.07) is 4.17. The van der Waals surface area contributed by atoms with Gasteiger partial charge in [-0.25, -0.2) is 0 Å². The van der Waals surface area contributed by atoms with Gasteiger partial charge < -0.3 is 0 Å². The van der Waals surface area contributed by atoms with Crippen molar-refractivity contribution in [1.82, 2.24) is 0 Å². The Morgan fingerprint density at radius 3 is 2.31 bits per heavy atom. The molecule has 0 fully saturated rings. The molecule has 1 aromatic rings. The molecule has 13 heavy (non-hydrogen) atoms. The van der Waals surface area contributed by atoms with Gasteiger partial charge in [0.1, 0.15) is 0 Å². The maximum atomic E-state index is 6.13. The zero-order valence-electron chi connectivity index (χ0n) is 8.61. The molecule has 0 aliphatic heterocycles. The molecule has 1 rings (SSSR count). The lowest BCUT2D eigenvalue weighted by Gasteiger charge is -2.08. The second-order valence-corrected chi connectivity index (χ2v) is 3.80. The summed E-state index contributed by atoms with van der Waals surface area (Å²) in [5, 5.41) is 0.846. The van der Waals surface area contributed by atoms with Gasteiger partial charge in [-0.1, -0.05) is 23.7 Å². The van der Waals surface area contributed by atoms with Crippen LogP contribution in [0, 0.1) is 13.8 Å². The Kier molecular flexibility index (Phi) is 3.16. The quantitative estimate of drug-likeness (QED) is 0.623. The first-order chi connectivity index (χ1) is 6.06. The van der Waals surface area contributed by atoms with Crippen molar-refractivity contribution in [1.29, 1.82) is 0 Å². The SMILES string of the molecule is C/C=C(\C)c1cc(C)c(C)cc1Cl. The minimum absolute atomic E-state index is 0.846. The molecular weight excluding hydrogens is 180 g/mol. The Bertz CT molecular complexity index is 348. The average Bonchev–Trinajstić information content (AvgIpc) is 2.10. The van der Waals surface area contributed by atoms with E-state index in [4.69, 9.17) is 11.6 Å². The third kappa shape index (κ3) is 2.13. The zero-order chi connectivity index (χ0) is 10.0. The molecule has 0 saturated carbocycles. The van der Waals surface area contributed by atoms with Crippen LogP contribution in [0.3, 0.4) is 0 Å². The van der Waals surface area contributed by atoms with Crippen molar-refractivity contribution in [3.8, 4) is 0 Å². The molecule has 0 heterocycles. The molecule has 70 valence electrons. The predicted molar refractivity (Wildman–Crippen MR) is 60.3 cm³/mol. The molecule has 0 amide bonds. The van der Waals surface area contributed by atoms with Crippen LogP contribution in [0.15, 0.2) is 18.2 Å². The Morgan fingerprint density at radius 1 is 1.23 bits per heavy atom. The van der Waals surface area contributed by atoms with Crippen LogP contribution in [-0.4, -0.2) is 0 Å². The van der Waals surface area contributed by atoms with Crippen LogP contribution in [0.25, 0.3) is 5.57 Å². The zero-order valence-corrected chi connectivity index (χ0v) is 9.37. The fraction of sp³-hybridized carbons (Fsp3) is 0.333. The highest BCUT2D eigenvalue weighted by Gasteiger charge is 2.03. The molecular formula is C12H15Cl. The van der Waals surface area contributed by atoms with Crippen molar-refractivity contribution in [3.63, 3.8) is 0 Å². The maximum Gasteiger partial charge on any atom is 0.0483 e. The summed E-state index contributed by atoms with van der Waals surface area (Å²) >= 11 is 6.13. The molecule has 1 aromatic carbocycles. The number of hydrogen-bond donors (Lipinski definition) is 0. The second-order valence-electron chi connectivity index (χ2n) is 3.39. The summed E-state index contributed by atoms with van der Waals surface area (Å²) in [6.07, 6.45) is 2.08. The van der Waals surface area contributed by atoms with Crippen molar-refractivity contribution in [2.24, 2.45) is 0 Å². The minimum Gasteiger partial charge on any atom is -0.0841 e. The Labute approximate surface area is 85.2 Å². The van der Waals surface area contributed by atoms with E-state index in [2.05, 4.69) is 32.9 Å². The average molecular weight is 195 g/mol. The Morgan fingerprint density at radius 2 is 1.77 bits per heavy atom. The highest BCUT2D eigenvalue weighted by molar-refractivity contribution is 6.32. The van der Waals surface area contributed by atoms with Gasteiger partial charge in [0.25, 0.3) is 0 Å². The van der Waals surface area contributed by atoms with E-state index < -0.39 is 0 Å². The molecule has 0 aromatic heterocycles. The van der Waals surface area contributed by atoms with Gasteiger partial charge >= 0.3 is 0 Å². The lowest BCUT2D eigenvalue weighted by Crippen LogP contribution is -1.87. The lowest BCUT2D eigenvalue weighted by atomic mass is 10.0. The number of benzene rings is 1. The first-order valence-corrected chi connectivity index (χ1v) is 4.84. The van der Waals surface area contributed by atoms with Crippen LogP contribution in [-0.2, 0) is 0 Å². The molecule has 0 aliphatic carbocycles. The summed E-state index contributed by atoms with van der Waals surface area (Å²) in [5.41, 5.74) is 4.92. The Hall–Kier alpha value is -0.750. The summed E-state index contributed by atoms with van der Waals surface area (Å²) in [6.45, 7) is 8.30. The summed E-state index contributed by atoms with van der Waals surface area (Å²) in [7, 11) is 0. The highest BCUT2D eigenvalue weighted by atomic mass is 35.5. The van der Waals surface area contributed by atoms with Crippen molar-refractivity contribution in [2.45, 2.75) is 27.7 Å². The lowest BCUT2D eigenvalue weighted by molar-refractivity contribution is 1.32. The van der Waals surface area contributed by atoms with Gasteiger partial charge in [-0.3, -0.25) is 0 Å². The van der Waals surface area contributed by atoms with Crippen LogP contribution < -0.4 is 0 Å². The molecule has 0 unspecified atom stereocenters. The molecule has 0 bridgehead atoms. The predicted octanol–water partition coefficient (Wildman–Crippen LogP) is 4.38. The smallest absolute Gasteiger partial charge is 0.0483 e. The molecule has 1 heteroatoms. The third-order valence-corrected chi connectivity index (χ3v) is 2.75. The number of rotatable bonds is 1. The van der Waals surface area contributed by atoms with Crippen molar-refractivity contribution in [2.75, 3.05) is 0 Å². The first kappa shape index (κ1) is 10.3. The molecule has 0 aliphatic rings. The van der Waals surface area contributed by atoms with Gasteiger partial charge in [-0.15, -0.1) is 0 Å². The Balaban J connectivity index is 3.32. The number of hydrogen-bond acceptors (Lipinski definition) is 0. The fourth-order valence-corrected chi connectivity index (χ4v) is 1.61. The largest absolute Gasteiger partial charge is 0.0841 e. The number of halogens is 1. The van der Waals surface area contributed by atoms with E-state index in [9.17, 15) is 0 Å². The third-order valence-electron chi connectivity index (χ3n) is 2.44. The van der Waals surface area contributed by atoms with Gasteiger partial charge in [0.05, 0.1) is 0 Å². The molecule has 0 spiro atoms. The van der Waals surface area contributed by atoms with Gasteiger partial charge in [0, 0.05) is 5.02 Å². The summed E-state index contributed by atoms with van der Waals surface area (Å²) in [5.74, 6) is 0. The summed E-state index contributed by atoms with van der Waals surface area (Å²) in [4.78, 5) is 0. The molecule has 0 saturated heterocycles. The van der Waals surface area contributed by atoms with Gasteiger partial charge in [0.15, 0.2) is 0 Å². The normalized spacial score (nSPS) is 11.9. The molecule has 0 atom stereocenters. The van der Waals surface area contributed by atoms with E-state index in [1.165, 1.54) is 16.7 Å². The van der Waals surface area contributed by atoms with E-state index in [0.717, 1.165) is 10.6 Å². The fourth-order valence-electron chi connectivity index (χ4n) is 1.24. The van der Waals surface area contributed by atoms with Crippen LogP contribution in [0.2, 0.25) is 5.02 Å². The van der Waals surface area contributed by atoms with Gasteiger partial charge in [-0.05, 0) is 56.0 Å². The minimum atomic E-state index is 0.846. The maximum absolute atomic E-state index is 6.13. The molecule has 0 N–H and O–H groups in total. The standard InChI is InChI=1S/C12H15Cl/c1-5-8(2)11-6-9(3)10(4)7-12(11)13/h5-7H,1-4H3/b8-5+. The van der Waals surface area contributed by atoms with Crippen molar-refractivity contribution >= 4 is 17.2 Å². The van der Waals surface area contributed by atoms with Gasteiger partial charge in [-0.2, -0.15) is 0 Å². The van der Waals surface area contributed by atoms with Gasteiger partial charge in [0.2, 0.25) is 0 Å². The topological polar surface area (TPSA) is 0 Å². The second kappa shape index (κ2) is 3.97. The molecule has 0 radical (unpaired) electrons. The summed E-state index contributed by atoms with van der Waals surface area (Å²) < 4.78 is 0. The van der Waals surface area contributed by atoms with Crippen molar-refractivity contribution < 1.29 is 0 Å². The first-order valence-electron chi connectivity index (χ1n) is 4.46. The van der Waals surface area contributed by atoms with E-state index in [-0.39, 0.29) is 0 Å². The van der Waals surface area contributed by atoms with E-state index in [1.54, 1.807) is 0 Å². The van der Waals surface area contributed by atoms with E-state index in [0.29, 0.717) is 0 Å². The van der Waals surface area contributed by atoms with Crippen LogP contribution in [0.4, 0.5) is 0 Å². The van der Waals surface area contributed by atoms with Crippen LogP contribution in [0.5, 0.6) is 0 Å². The highest BCUT2D eigenvalue weighted by Crippen LogP contribution is 2.26. The van der Waals surface area contributed by atoms with E-state index >= 15 is 0 Å². The number of aryl methyl sites for hydroxylation is 2. The van der Waals surface area contributed by atoms with Crippen LogP contribution >= 0.6 is 11.6 Å². The molecule has 0 nitrogen and oxygen atoms in total. The number of allylic oxidation sites excluding steroid dienone is 2. The van der Waals surface area contributed by atoms with Crippen LogP contribution in [0.1, 0.15) is 30.5 Å². The van der Waals surface area contributed by atoms with E-state index in [1.807, 2.05) is 13.0 Å². The monoisotopic (exact) mass is 194 g/mol. The van der Waals surface area contributed by atoms with Crippen molar-refractivity contribution in [3.05, 3.63) is 39.9 Å².